The molecule has 0 aliphatic carbocycles. The van der Waals surface area contributed by atoms with Gasteiger partial charge in [0.2, 0.25) is 0 Å². The monoisotopic (exact) mass is 308 g/mol. The van der Waals surface area contributed by atoms with E-state index < -0.39 is 0 Å². The van der Waals surface area contributed by atoms with Crippen LogP contribution in [0.2, 0.25) is 0 Å². The Bertz CT molecular complexity index is 800. The number of rotatable bonds is 4. The highest BCUT2D eigenvalue weighted by molar-refractivity contribution is 6.01. The first kappa shape index (κ1) is 14.6. The Labute approximate surface area is 133 Å². The normalized spacial score (nSPS) is 10.1. The zero-order valence-corrected chi connectivity index (χ0v) is 12.6. The zero-order chi connectivity index (χ0) is 16.1. The Kier molecular flexibility index (Phi) is 4.24. The minimum Gasteiger partial charge on any atom is -0.497 e. The second kappa shape index (κ2) is 6.65. The van der Waals surface area contributed by atoms with Crippen molar-refractivity contribution in [3.63, 3.8) is 0 Å². The number of benzene rings is 2. The molecule has 6 heteroatoms. The van der Waals surface area contributed by atoms with E-state index in [1.807, 2.05) is 47.2 Å². The van der Waals surface area contributed by atoms with Gasteiger partial charge in [0.1, 0.15) is 5.75 Å². The molecule has 3 aromatic rings. The summed E-state index contributed by atoms with van der Waals surface area (Å²) >= 11 is 0. The molecule has 0 saturated carbocycles. The standard InChI is InChI=1S/C17H16N4O2/c1-23-14-6-4-5-13(11-14)19-17(22)20-15-7-2-3-8-16(15)21-10-9-18-12-21/h2-12H,1H3,(H2,19,20,22). The third kappa shape index (κ3) is 3.49. The fourth-order valence-electron chi connectivity index (χ4n) is 2.19. The van der Waals surface area contributed by atoms with Crippen LogP contribution in [-0.2, 0) is 0 Å². The van der Waals surface area contributed by atoms with Crippen LogP contribution in [0.3, 0.4) is 0 Å². The molecule has 2 N–H and O–H groups in total. The summed E-state index contributed by atoms with van der Waals surface area (Å²) in [6.45, 7) is 0. The molecule has 0 atom stereocenters. The van der Waals surface area contributed by atoms with Gasteiger partial charge in [0.15, 0.2) is 0 Å². The Morgan fingerprint density at radius 2 is 2.00 bits per heavy atom. The van der Waals surface area contributed by atoms with Crippen LogP contribution >= 0.6 is 0 Å². The molecule has 0 radical (unpaired) electrons. The number of anilines is 2. The van der Waals surface area contributed by atoms with Gasteiger partial charge in [-0.3, -0.25) is 0 Å². The van der Waals surface area contributed by atoms with E-state index in [0.29, 0.717) is 17.1 Å². The zero-order valence-electron chi connectivity index (χ0n) is 12.6. The highest BCUT2D eigenvalue weighted by Crippen LogP contribution is 2.21. The smallest absolute Gasteiger partial charge is 0.323 e. The van der Waals surface area contributed by atoms with Crippen LogP contribution in [0.25, 0.3) is 5.69 Å². The molecule has 0 unspecified atom stereocenters. The van der Waals surface area contributed by atoms with E-state index in [0.717, 1.165) is 5.69 Å². The number of ether oxygens (including phenoxy) is 1. The quantitative estimate of drug-likeness (QED) is 0.775. The number of imidazole rings is 1. The summed E-state index contributed by atoms with van der Waals surface area (Å²) in [6, 6.07) is 14.4. The van der Waals surface area contributed by atoms with Crippen molar-refractivity contribution in [2.24, 2.45) is 0 Å². The molecule has 6 nitrogen and oxygen atoms in total. The topological polar surface area (TPSA) is 68.2 Å². The SMILES string of the molecule is COc1cccc(NC(=O)Nc2ccccc2-n2ccnc2)c1. The average molecular weight is 308 g/mol. The number of methoxy groups -OCH3 is 1. The number of urea groups is 1. The summed E-state index contributed by atoms with van der Waals surface area (Å²) < 4.78 is 6.98. The first-order chi connectivity index (χ1) is 11.3. The van der Waals surface area contributed by atoms with Crippen LogP contribution in [0.4, 0.5) is 16.2 Å². The highest BCUT2D eigenvalue weighted by Gasteiger charge is 2.08. The maximum Gasteiger partial charge on any atom is 0.323 e. The van der Waals surface area contributed by atoms with E-state index in [4.69, 9.17) is 4.74 Å². The van der Waals surface area contributed by atoms with Crippen LogP contribution < -0.4 is 15.4 Å². The molecule has 3 rings (SSSR count). The lowest BCUT2D eigenvalue weighted by Gasteiger charge is -2.12. The summed E-state index contributed by atoms with van der Waals surface area (Å²) in [6.07, 6.45) is 5.19. The molecule has 23 heavy (non-hydrogen) atoms. The largest absolute Gasteiger partial charge is 0.497 e. The van der Waals surface area contributed by atoms with Gasteiger partial charge in [-0.2, -0.15) is 0 Å². The van der Waals surface area contributed by atoms with Crippen molar-refractivity contribution in [3.05, 3.63) is 67.3 Å². The number of carbonyl (C=O) groups excluding carboxylic acids is 1. The van der Waals surface area contributed by atoms with Gasteiger partial charge in [0, 0.05) is 24.1 Å². The van der Waals surface area contributed by atoms with Gasteiger partial charge >= 0.3 is 6.03 Å². The number of nitrogens with zero attached hydrogens (tertiary/aromatic N) is 2. The summed E-state index contributed by atoms with van der Waals surface area (Å²) in [7, 11) is 1.58. The number of nitrogens with one attached hydrogen (secondary N) is 2. The van der Waals surface area contributed by atoms with E-state index >= 15 is 0 Å². The maximum absolute atomic E-state index is 12.2. The molecule has 0 bridgehead atoms. The summed E-state index contributed by atoms with van der Waals surface area (Å²) in [4.78, 5) is 16.2. The number of hydrogen-bond donors (Lipinski definition) is 2. The van der Waals surface area contributed by atoms with Gasteiger partial charge < -0.3 is 19.9 Å². The number of carbonyl (C=O) groups is 1. The van der Waals surface area contributed by atoms with Crippen LogP contribution in [0, 0.1) is 0 Å². The average Bonchev–Trinajstić information content (AvgIpc) is 3.10. The second-order valence-electron chi connectivity index (χ2n) is 4.80. The number of amides is 2. The molecule has 1 aromatic heterocycles. The molecule has 116 valence electrons. The van der Waals surface area contributed by atoms with Crippen molar-refractivity contribution in [3.8, 4) is 11.4 Å². The minimum absolute atomic E-state index is 0.328. The van der Waals surface area contributed by atoms with E-state index in [1.54, 1.807) is 31.8 Å². The van der Waals surface area contributed by atoms with Crippen molar-refractivity contribution >= 4 is 17.4 Å². The number of para-hydroxylation sites is 2. The molecule has 2 amide bonds. The van der Waals surface area contributed by atoms with E-state index in [9.17, 15) is 4.79 Å². The van der Waals surface area contributed by atoms with E-state index in [2.05, 4.69) is 15.6 Å². The fraction of sp³-hybridized carbons (Fsp3) is 0.0588. The van der Waals surface area contributed by atoms with Crippen molar-refractivity contribution in [2.45, 2.75) is 0 Å². The number of aromatic nitrogens is 2. The lowest BCUT2D eigenvalue weighted by molar-refractivity contribution is 0.262. The maximum atomic E-state index is 12.2. The van der Waals surface area contributed by atoms with Crippen molar-refractivity contribution in [1.29, 1.82) is 0 Å². The molecule has 0 fully saturated rings. The Morgan fingerprint density at radius 3 is 2.78 bits per heavy atom. The molecular formula is C17H16N4O2. The summed E-state index contributed by atoms with van der Waals surface area (Å²) in [5.41, 5.74) is 2.18. The third-order valence-electron chi connectivity index (χ3n) is 3.26. The Morgan fingerprint density at radius 1 is 1.13 bits per heavy atom. The molecule has 1 heterocycles. The van der Waals surface area contributed by atoms with E-state index in [-0.39, 0.29) is 6.03 Å². The first-order valence-electron chi connectivity index (χ1n) is 7.05. The van der Waals surface area contributed by atoms with Gasteiger partial charge in [-0.1, -0.05) is 18.2 Å². The van der Waals surface area contributed by atoms with Gasteiger partial charge in [-0.05, 0) is 24.3 Å². The molecule has 0 spiro atoms. The summed E-state index contributed by atoms with van der Waals surface area (Å²) in [5, 5.41) is 5.63. The van der Waals surface area contributed by atoms with Crippen LogP contribution in [-0.4, -0.2) is 22.7 Å². The predicted molar refractivity (Wildman–Crippen MR) is 89.2 cm³/mol. The van der Waals surface area contributed by atoms with Gasteiger partial charge in [0.05, 0.1) is 24.8 Å². The Hall–Kier alpha value is -3.28. The molecule has 2 aromatic carbocycles. The van der Waals surface area contributed by atoms with Gasteiger partial charge in [-0.25, -0.2) is 9.78 Å². The minimum atomic E-state index is -0.328. The fourth-order valence-corrected chi connectivity index (χ4v) is 2.19. The molecular weight excluding hydrogens is 292 g/mol. The van der Waals surface area contributed by atoms with Crippen LogP contribution in [0.15, 0.2) is 67.3 Å². The predicted octanol–water partition coefficient (Wildman–Crippen LogP) is 3.52. The molecule has 0 aliphatic heterocycles. The Balaban J connectivity index is 1.76. The third-order valence-corrected chi connectivity index (χ3v) is 3.26. The van der Waals surface area contributed by atoms with Gasteiger partial charge in [0.25, 0.3) is 0 Å². The highest BCUT2D eigenvalue weighted by atomic mass is 16.5. The summed E-state index contributed by atoms with van der Waals surface area (Å²) in [5.74, 6) is 0.682. The second-order valence-corrected chi connectivity index (χ2v) is 4.80. The van der Waals surface area contributed by atoms with E-state index in [1.165, 1.54) is 0 Å². The van der Waals surface area contributed by atoms with Crippen LogP contribution in [0.5, 0.6) is 5.75 Å². The van der Waals surface area contributed by atoms with Crippen molar-refractivity contribution in [2.75, 3.05) is 17.7 Å². The molecule has 0 saturated heterocycles. The lowest BCUT2D eigenvalue weighted by Crippen LogP contribution is -2.20. The van der Waals surface area contributed by atoms with Gasteiger partial charge in [-0.15, -0.1) is 0 Å². The number of hydrogen-bond acceptors (Lipinski definition) is 3. The van der Waals surface area contributed by atoms with Crippen molar-refractivity contribution < 1.29 is 9.53 Å². The van der Waals surface area contributed by atoms with Crippen molar-refractivity contribution in [1.82, 2.24) is 9.55 Å². The van der Waals surface area contributed by atoms with Crippen LogP contribution in [0.1, 0.15) is 0 Å². The molecule has 0 aliphatic rings. The lowest BCUT2D eigenvalue weighted by atomic mass is 10.2. The first-order valence-corrected chi connectivity index (χ1v) is 7.05.